The molecule has 3 aliphatic carbocycles. The molecule has 0 N–H and O–H groups in total. The first kappa shape index (κ1) is 34.0. The number of hydrogen-bond acceptors (Lipinski definition) is 2. The third-order valence-electron chi connectivity index (χ3n) is 13.2. The van der Waals surface area contributed by atoms with Crippen molar-refractivity contribution in [1.29, 1.82) is 0 Å². The fourth-order valence-corrected chi connectivity index (χ4v) is 10.8. The number of rotatable bonds is 3. The van der Waals surface area contributed by atoms with E-state index in [0.717, 1.165) is 23.6 Å². The summed E-state index contributed by atoms with van der Waals surface area (Å²) >= 11 is 0. The highest BCUT2D eigenvalue weighted by Crippen LogP contribution is 2.50. The van der Waals surface area contributed by atoms with Crippen LogP contribution in [0.4, 0.5) is 5.69 Å². The number of allylic oxidation sites excluding steroid dienone is 4. The summed E-state index contributed by atoms with van der Waals surface area (Å²) in [6.45, 7) is 7.81. The third kappa shape index (κ3) is 8.21. The molecule has 2 aliphatic heterocycles. The Kier molecular flexibility index (Phi) is 12.9. The summed E-state index contributed by atoms with van der Waals surface area (Å²) in [5.41, 5.74) is 6.33. The number of fused-ring (bicyclic) bond motifs is 4. The van der Waals surface area contributed by atoms with Crippen LogP contribution in [0, 0.1) is 17.8 Å². The van der Waals surface area contributed by atoms with Crippen molar-refractivity contribution in [3.8, 4) is 0 Å². The van der Waals surface area contributed by atoms with Gasteiger partial charge < -0.3 is 9.80 Å². The van der Waals surface area contributed by atoms with Gasteiger partial charge in [-0.15, -0.1) is 0 Å². The van der Waals surface area contributed by atoms with Crippen LogP contribution < -0.4 is 4.90 Å². The van der Waals surface area contributed by atoms with Crippen LogP contribution in [-0.4, -0.2) is 30.7 Å². The van der Waals surface area contributed by atoms with Crippen LogP contribution in [0.15, 0.2) is 65.4 Å². The maximum absolute atomic E-state index is 3.09. The van der Waals surface area contributed by atoms with E-state index in [1.807, 2.05) is 0 Å². The lowest BCUT2D eigenvalue weighted by Gasteiger charge is -2.46. The summed E-state index contributed by atoms with van der Waals surface area (Å²) in [7, 11) is 0. The van der Waals surface area contributed by atoms with Gasteiger partial charge in [0.1, 0.15) is 0 Å². The van der Waals surface area contributed by atoms with Crippen molar-refractivity contribution >= 4 is 12.4 Å². The molecule has 1 aromatic rings. The number of benzene rings is 1. The average molecular weight is 623 g/mol. The number of hydrogen-bond donors (Lipinski definition) is 0. The first-order valence-corrected chi connectivity index (χ1v) is 20.4. The van der Waals surface area contributed by atoms with Crippen LogP contribution >= 0.6 is 0 Å². The second kappa shape index (κ2) is 17.5. The fraction of sp³-hybridized carbons (Fsp3) is 0.721. The molecular weight excluding hydrogens is 555 g/mol. The monoisotopic (exact) mass is 623 g/mol. The smallest absolute Gasteiger partial charge is 0.185 e. The summed E-state index contributed by atoms with van der Waals surface area (Å²) < 4.78 is 0. The summed E-state index contributed by atoms with van der Waals surface area (Å²) in [6, 6.07) is 12.2. The van der Waals surface area contributed by atoms with Crippen LogP contribution in [0.1, 0.15) is 149 Å². The largest absolute Gasteiger partial charge is 0.369 e. The minimum absolute atomic E-state index is 0.667. The Bertz CT molecular complexity index is 1140. The van der Waals surface area contributed by atoms with Crippen molar-refractivity contribution in [3.05, 3.63) is 65.4 Å². The summed E-state index contributed by atoms with van der Waals surface area (Å²) in [6.07, 6.45) is 39.1. The van der Waals surface area contributed by atoms with E-state index < -0.39 is 0 Å². The normalized spacial score (nSPS) is 32.6. The van der Waals surface area contributed by atoms with Gasteiger partial charge in [-0.25, -0.2) is 0 Å². The van der Waals surface area contributed by atoms with E-state index in [0.29, 0.717) is 12.8 Å². The molecule has 5 aliphatic rings. The second-order valence-electron chi connectivity index (χ2n) is 16.0. The van der Waals surface area contributed by atoms with Crippen LogP contribution in [0.2, 0.25) is 12.1 Å². The van der Waals surface area contributed by atoms with Crippen molar-refractivity contribution in [2.45, 2.75) is 167 Å². The number of nitrogens with zero attached hydrogens (tertiary/aromatic N) is 2. The maximum atomic E-state index is 3.09. The molecule has 0 radical (unpaired) electrons. The Hall–Kier alpha value is -1.90. The van der Waals surface area contributed by atoms with Gasteiger partial charge in [0.15, 0.2) is 6.71 Å². The highest BCUT2D eigenvalue weighted by Gasteiger charge is 2.46. The van der Waals surface area contributed by atoms with Crippen LogP contribution in [-0.2, 0) is 0 Å². The fourth-order valence-electron chi connectivity index (χ4n) is 10.8. The first-order chi connectivity index (χ1) is 22.8. The van der Waals surface area contributed by atoms with Gasteiger partial charge in [-0.05, 0) is 81.0 Å². The van der Waals surface area contributed by atoms with Crippen molar-refractivity contribution in [1.82, 2.24) is 4.90 Å². The SMILES string of the molecule is C\C=C/C1=C2/B(CC3CCCCCCC3CN1C1CCCCCCCC1)C1CCCCCCCC1CN(c1ccccc1)/C2=C/C. The van der Waals surface area contributed by atoms with Gasteiger partial charge in [-0.1, -0.05) is 152 Å². The van der Waals surface area contributed by atoms with Gasteiger partial charge in [0.2, 0.25) is 0 Å². The molecule has 3 heteroatoms. The molecule has 0 bridgehead atoms. The van der Waals surface area contributed by atoms with Gasteiger partial charge in [0, 0.05) is 36.2 Å². The first-order valence-electron chi connectivity index (χ1n) is 20.4. The molecule has 1 saturated heterocycles. The van der Waals surface area contributed by atoms with E-state index in [2.05, 4.69) is 72.2 Å². The van der Waals surface area contributed by atoms with Crippen molar-refractivity contribution in [2.75, 3.05) is 18.0 Å². The van der Waals surface area contributed by atoms with E-state index in [9.17, 15) is 0 Å². The second-order valence-corrected chi connectivity index (χ2v) is 16.0. The lowest BCUT2D eigenvalue weighted by Crippen LogP contribution is -2.45. The Morgan fingerprint density at radius 2 is 1.17 bits per heavy atom. The summed E-state index contributed by atoms with van der Waals surface area (Å²) in [5.74, 6) is 3.30. The zero-order valence-electron chi connectivity index (χ0n) is 29.9. The molecular formula is C43H67BN2. The molecule has 1 aromatic carbocycles. The molecule has 4 fully saturated rings. The minimum atomic E-state index is 0.667. The standard InChI is InChI=1S/C43H67BN2/c1-3-23-42-43-41(4-2)45(38-29-20-14-21-30-38)34-37-26-17-8-7-11-22-31-40(37)44(43)32-35-24-15-12-13-16-25-36(35)33-46(42)39-27-18-9-5-6-10-19-28-39/h3-4,14,20-21,23,29-30,35-37,39-40H,5-13,15-19,22,24-28,31-34H2,1-2H3/b23-3-,41-4+,43-42-. The van der Waals surface area contributed by atoms with E-state index in [1.54, 1.807) is 16.9 Å². The zero-order valence-corrected chi connectivity index (χ0v) is 29.9. The van der Waals surface area contributed by atoms with Crippen molar-refractivity contribution < 1.29 is 0 Å². The molecule has 6 rings (SSSR count). The van der Waals surface area contributed by atoms with Crippen LogP contribution in [0.25, 0.3) is 0 Å². The van der Waals surface area contributed by atoms with Gasteiger partial charge in [0.25, 0.3) is 0 Å². The number of anilines is 1. The molecule has 46 heavy (non-hydrogen) atoms. The maximum Gasteiger partial charge on any atom is 0.185 e. The van der Waals surface area contributed by atoms with E-state index >= 15 is 0 Å². The van der Waals surface area contributed by atoms with Crippen LogP contribution in [0.5, 0.6) is 0 Å². The molecule has 4 unspecified atom stereocenters. The Balaban J connectivity index is 1.56. The average Bonchev–Trinajstić information content (AvgIpc) is 3.19. The van der Waals surface area contributed by atoms with Gasteiger partial charge in [-0.3, -0.25) is 0 Å². The predicted molar refractivity (Wildman–Crippen MR) is 202 cm³/mol. The highest BCUT2D eigenvalue weighted by molar-refractivity contribution is 6.70. The molecule has 2 nitrogen and oxygen atoms in total. The lowest BCUT2D eigenvalue weighted by atomic mass is 9.29. The number of para-hydroxylation sites is 1. The van der Waals surface area contributed by atoms with Crippen molar-refractivity contribution in [3.63, 3.8) is 0 Å². The third-order valence-corrected chi connectivity index (χ3v) is 13.2. The summed E-state index contributed by atoms with van der Waals surface area (Å²) in [4.78, 5) is 5.90. The van der Waals surface area contributed by atoms with E-state index in [4.69, 9.17) is 0 Å². The molecule has 0 amide bonds. The van der Waals surface area contributed by atoms with Gasteiger partial charge in [0.05, 0.1) is 0 Å². The molecule has 3 saturated carbocycles. The molecule has 0 spiro atoms. The lowest BCUT2D eigenvalue weighted by molar-refractivity contribution is 0.151. The van der Waals surface area contributed by atoms with Crippen molar-refractivity contribution in [2.24, 2.45) is 17.8 Å². The van der Waals surface area contributed by atoms with Gasteiger partial charge >= 0.3 is 0 Å². The van der Waals surface area contributed by atoms with E-state index in [1.165, 1.54) is 160 Å². The Labute approximate surface area is 284 Å². The summed E-state index contributed by atoms with van der Waals surface area (Å²) in [5, 5.41) is 0. The van der Waals surface area contributed by atoms with E-state index in [-0.39, 0.29) is 0 Å². The molecule has 4 atom stereocenters. The topological polar surface area (TPSA) is 6.48 Å². The highest BCUT2D eigenvalue weighted by atomic mass is 15.2. The minimum Gasteiger partial charge on any atom is -0.369 e. The predicted octanol–water partition coefficient (Wildman–Crippen LogP) is 12.4. The zero-order chi connectivity index (χ0) is 31.6. The van der Waals surface area contributed by atoms with Crippen LogP contribution in [0.3, 0.4) is 0 Å². The van der Waals surface area contributed by atoms with Gasteiger partial charge in [-0.2, -0.15) is 0 Å². The quantitative estimate of drug-likeness (QED) is 0.310. The Morgan fingerprint density at radius 1 is 0.609 bits per heavy atom. The Morgan fingerprint density at radius 3 is 1.80 bits per heavy atom. The molecule has 0 aromatic heterocycles. The molecule has 2 heterocycles. The molecule has 252 valence electrons.